The Morgan fingerprint density at radius 3 is 2.85 bits per heavy atom. The Kier molecular flexibility index (Phi) is 3.69. The van der Waals surface area contributed by atoms with Crippen LogP contribution in [-0.2, 0) is 5.88 Å². The molecule has 0 radical (unpaired) electrons. The summed E-state index contributed by atoms with van der Waals surface area (Å²) in [6.07, 6.45) is 2.26. The van der Waals surface area contributed by atoms with E-state index in [9.17, 15) is 0 Å². The van der Waals surface area contributed by atoms with Gasteiger partial charge in [0.25, 0.3) is 0 Å². The topological polar surface area (TPSA) is 34.0 Å². The smallest absolute Gasteiger partial charge is 0.160 e. The van der Waals surface area contributed by atoms with Gasteiger partial charge < -0.3 is 9.47 Å². The van der Waals surface area contributed by atoms with Crippen LogP contribution in [0.3, 0.4) is 0 Å². The highest BCUT2D eigenvalue weighted by Gasteiger charge is 2.27. The van der Waals surface area contributed by atoms with Crippen LogP contribution in [0.25, 0.3) is 11.2 Å². The molecule has 0 spiro atoms. The predicted molar refractivity (Wildman–Crippen MR) is 82.2 cm³/mol. The number of hydrogen-bond acceptors (Lipinski definition) is 3. The molecule has 4 nitrogen and oxygen atoms in total. The monoisotopic (exact) mass is 292 g/mol. The zero-order valence-electron chi connectivity index (χ0n) is 12.3. The molecule has 0 amide bonds. The predicted octanol–water partition coefficient (Wildman–Crippen LogP) is 3.13. The molecule has 20 heavy (non-hydrogen) atoms. The Balaban J connectivity index is 2.07. The zero-order valence-corrected chi connectivity index (χ0v) is 13.1. The van der Waals surface area contributed by atoms with Crippen LogP contribution in [0.15, 0.2) is 12.1 Å². The van der Waals surface area contributed by atoms with Gasteiger partial charge in [-0.15, -0.1) is 11.6 Å². The van der Waals surface area contributed by atoms with E-state index in [1.165, 1.54) is 0 Å². The summed E-state index contributed by atoms with van der Waals surface area (Å²) in [6.45, 7) is 5.41. The Labute approximate surface area is 124 Å². The third-order valence-electron chi connectivity index (χ3n) is 4.41. The molecule has 0 saturated carbocycles. The maximum Gasteiger partial charge on any atom is 0.160 e. The summed E-state index contributed by atoms with van der Waals surface area (Å²) in [5.41, 5.74) is 2.97. The highest BCUT2D eigenvalue weighted by Crippen LogP contribution is 2.31. The van der Waals surface area contributed by atoms with E-state index in [2.05, 4.69) is 28.4 Å². The molecule has 5 heteroatoms. The zero-order chi connectivity index (χ0) is 14.3. The lowest BCUT2D eigenvalue weighted by molar-refractivity contribution is 0.157. The van der Waals surface area contributed by atoms with Crippen molar-refractivity contribution in [1.82, 2.24) is 19.4 Å². The van der Waals surface area contributed by atoms with E-state index in [1.54, 1.807) is 0 Å². The van der Waals surface area contributed by atoms with Gasteiger partial charge in [-0.1, -0.05) is 0 Å². The van der Waals surface area contributed by atoms with Crippen LogP contribution < -0.4 is 0 Å². The summed E-state index contributed by atoms with van der Waals surface area (Å²) >= 11 is 6.11. The third kappa shape index (κ3) is 2.31. The Morgan fingerprint density at radius 2 is 2.15 bits per heavy atom. The first-order valence-corrected chi connectivity index (χ1v) is 7.74. The van der Waals surface area contributed by atoms with Gasteiger partial charge in [-0.25, -0.2) is 9.97 Å². The first-order chi connectivity index (χ1) is 9.60. The minimum Gasteiger partial charge on any atom is -0.308 e. The van der Waals surface area contributed by atoms with Crippen molar-refractivity contribution in [1.29, 1.82) is 0 Å². The van der Waals surface area contributed by atoms with Gasteiger partial charge in [-0.2, -0.15) is 0 Å². The Morgan fingerprint density at radius 1 is 1.35 bits per heavy atom. The largest absolute Gasteiger partial charge is 0.308 e. The van der Waals surface area contributed by atoms with Crippen LogP contribution in [0.1, 0.15) is 37.3 Å². The van der Waals surface area contributed by atoms with Gasteiger partial charge in [0.1, 0.15) is 11.3 Å². The molecule has 0 bridgehead atoms. The summed E-state index contributed by atoms with van der Waals surface area (Å²) < 4.78 is 2.28. The first-order valence-electron chi connectivity index (χ1n) is 7.21. The van der Waals surface area contributed by atoms with Crippen molar-refractivity contribution in [3.8, 4) is 0 Å². The fourth-order valence-corrected chi connectivity index (χ4v) is 3.28. The van der Waals surface area contributed by atoms with Gasteiger partial charge in [0, 0.05) is 24.3 Å². The number of aryl methyl sites for hydroxylation is 1. The van der Waals surface area contributed by atoms with Gasteiger partial charge in [-0.05, 0) is 45.9 Å². The average molecular weight is 293 g/mol. The number of hydrogen-bond donors (Lipinski definition) is 0. The van der Waals surface area contributed by atoms with Crippen molar-refractivity contribution < 1.29 is 0 Å². The van der Waals surface area contributed by atoms with Crippen LogP contribution >= 0.6 is 11.6 Å². The molecule has 3 rings (SSSR count). The van der Waals surface area contributed by atoms with Crippen LogP contribution in [0, 0.1) is 6.92 Å². The summed E-state index contributed by atoms with van der Waals surface area (Å²) in [5, 5.41) is 0. The molecule has 3 heterocycles. The molecule has 2 aromatic heterocycles. The number of pyridine rings is 1. The van der Waals surface area contributed by atoms with E-state index in [0.717, 1.165) is 42.1 Å². The fourth-order valence-electron chi connectivity index (χ4n) is 3.09. The van der Waals surface area contributed by atoms with Crippen molar-refractivity contribution >= 4 is 22.8 Å². The maximum atomic E-state index is 6.11. The van der Waals surface area contributed by atoms with E-state index < -0.39 is 0 Å². The number of imidazole rings is 1. The summed E-state index contributed by atoms with van der Waals surface area (Å²) in [6, 6.07) is 5.09. The molecule has 108 valence electrons. The molecule has 0 aromatic carbocycles. The number of aromatic nitrogens is 3. The fraction of sp³-hybridized carbons (Fsp3) is 0.600. The number of halogens is 1. The molecule has 2 atom stereocenters. The van der Waals surface area contributed by atoms with E-state index in [1.807, 2.05) is 19.1 Å². The molecule has 1 aliphatic rings. The second-order valence-electron chi connectivity index (χ2n) is 5.83. The minimum absolute atomic E-state index is 0.441. The lowest BCUT2D eigenvalue weighted by Gasteiger charge is -2.36. The van der Waals surface area contributed by atoms with Gasteiger partial charge in [0.2, 0.25) is 0 Å². The normalized spacial score (nSPS) is 24.4. The van der Waals surface area contributed by atoms with Gasteiger partial charge in [-0.3, -0.25) is 0 Å². The van der Waals surface area contributed by atoms with Crippen molar-refractivity contribution in [2.75, 3.05) is 13.6 Å². The van der Waals surface area contributed by atoms with Crippen LogP contribution in [0.2, 0.25) is 0 Å². The lowest BCUT2D eigenvalue weighted by atomic mass is 9.98. The molecular weight excluding hydrogens is 272 g/mol. The quantitative estimate of drug-likeness (QED) is 0.798. The van der Waals surface area contributed by atoms with E-state index >= 15 is 0 Å². The molecular formula is C15H21ClN4. The standard InChI is InChI=1S/C15H21ClN4/c1-10-4-5-13-15(17-10)20(14(9-16)18-13)12-6-7-19(3)11(2)8-12/h4-5,11-12H,6-9H2,1-3H3. The second kappa shape index (κ2) is 5.34. The SMILES string of the molecule is Cc1ccc2nc(CCl)n(C3CCN(C)C(C)C3)c2n1. The summed E-state index contributed by atoms with van der Waals surface area (Å²) in [7, 11) is 2.19. The molecule has 1 aliphatic heterocycles. The number of nitrogens with zero attached hydrogens (tertiary/aromatic N) is 4. The second-order valence-corrected chi connectivity index (χ2v) is 6.10. The van der Waals surface area contributed by atoms with Crippen LogP contribution in [-0.4, -0.2) is 39.1 Å². The van der Waals surface area contributed by atoms with Crippen molar-refractivity contribution in [2.24, 2.45) is 0 Å². The molecule has 0 aliphatic carbocycles. The highest BCUT2D eigenvalue weighted by atomic mass is 35.5. The van der Waals surface area contributed by atoms with Crippen molar-refractivity contribution in [3.05, 3.63) is 23.7 Å². The number of piperidine rings is 1. The van der Waals surface area contributed by atoms with Crippen molar-refractivity contribution in [2.45, 2.75) is 44.7 Å². The molecule has 1 fully saturated rings. The molecule has 2 aromatic rings. The molecule has 1 saturated heterocycles. The highest BCUT2D eigenvalue weighted by molar-refractivity contribution is 6.16. The Bertz CT molecular complexity index is 622. The van der Waals surface area contributed by atoms with E-state index in [4.69, 9.17) is 16.6 Å². The lowest BCUT2D eigenvalue weighted by Crippen LogP contribution is -2.38. The molecule has 2 unspecified atom stereocenters. The first kappa shape index (κ1) is 13.8. The van der Waals surface area contributed by atoms with Crippen LogP contribution in [0.5, 0.6) is 0 Å². The van der Waals surface area contributed by atoms with Crippen molar-refractivity contribution in [3.63, 3.8) is 0 Å². The average Bonchev–Trinajstić information content (AvgIpc) is 2.79. The Hall–Kier alpha value is -1.13. The van der Waals surface area contributed by atoms with Gasteiger partial charge in [0.15, 0.2) is 5.65 Å². The molecule has 0 N–H and O–H groups in total. The van der Waals surface area contributed by atoms with E-state index in [-0.39, 0.29) is 0 Å². The summed E-state index contributed by atoms with van der Waals surface area (Å²) in [4.78, 5) is 11.7. The maximum absolute atomic E-state index is 6.11. The number of alkyl halides is 1. The minimum atomic E-state index is 0.441. The number of likely N-dealkylation sites (tertiary alicyclic amines) is 1. The van der Waals surface area contributed by atoms with Gasteiger partial charge >= 0.3 is 0 Å². The van der Waals surface area contributed by atoms with Gasteiger partial charge in [0.05, 0.1) is 5.88 Å². The van der Waals surface area contributed by atoms with E-state index in [0.29, 0.717) is 18.0 Å². The third-order valence-corrected chi connectivity index (χ3v) is 4.65. The van der Waals surface area contributed by atoms with Crippen LogP contribution in [0.4, 0.5) is 0 Å². The number of rotatable bonds is 2. The summed E-state index contributed by atoms with van der Waals surface area (Å²) in [5.74, 6) is 1.39. The number of fused-ring (bicyclic) bond motifs is 1.